The summed E-state index contributed by atoms with van der Waals surface area (Å²) in [4.78, 5) is 11.1. The molecule has 0 amide bonds. The smallest absolute Gasteiger partial charge is 0.339 e. The quantitative estimate of drug-likeness (QED) is 0.840. The summed E-state index contributed by atoms with van der Waals surface area (Å²) in [5.41, 5.74) is 0.510. The fraction of sp³-hybridized carbons (Fsp3) is 0.364. The Balaban J connectivity index is 2.66. The number of hydrogen-bond donors (Lipinski definition) is 2. The van der Waals surface area contributed by atoms with E-state index in [1.807, 2.05) is 0 Å². The fourth-order valence-corrected chi connectivity index (χ4v) is 2.69. The number of ether oxygens (including phenoxy) is 1. The highest BCUT2D eigenvalue weighted by atomic mass is 32.2. The van der Waals surface area contributed by atoms with Gasteiger partial charge in [-0.1, -0.05) is 0 Å². The van der Waals surface area contributed by atoms with E-state index in [2.05, 4.69) is 4.72 Å². The Kier molecular flexibility index (Phi) is 3.27. The van der Waals surface area contributed by atoms with Gasteiger partial charge in [0, 0.05) is 0 Å². The molecule has 1 aromatic carbocycles. The van der Waals surface area contributed by atoms with Crippen LogP contribution in [-0.4, -0.2) is 33.1 Å². The molecule has 1 heterocycles. The van der Waals surface area contributed by atoms with Crippen LogP contribution in [0.15, 0.2) is 17.0 Å². The van der Waals surface area contributed by atoms with Gasteiger partial charge in [0.2, 0.25) is 10.0 Å². The van der Waals surface area contributed by atoms with Gasteiger partial charge in [-0.15, -0.1) is 0 Å². The summed E-state index contributed by atoms with van der Waals surface area (Å²) >= 11 is 0. The predicted octanol–water partition coefficient (Wildman–Crippen LogP) is 0.618. The van der Waals surface area contributed by atoms with Gasteiger partial charge in [-0.3, -0.25) is 0 Å². The van der Waals surface area contributed by atoms with Gasteiger partial charge < -0.3 is 9.84 Å². The first-order chi connectivity index (χ1) is 8.45. The van der Waals surface area contributed by atoms with Gasteiger partial charge in [0.25, 0.3) is 0 Å². The molecule has 7 heteroatoms. The lowest BCUT2D eigenvalue weighted by atomic mass is 10.0. The van der Waals surface area contributed by atoms with Crippen LogP contribution in [0.1, 0.15) is 22.3 Å². The number of benzene rings is 1. The summed E-state index contributed by atoms with van der Waals surface area (Å²) in [5.74, 6) is -0.912. The van der Waals surface area contributed by atoms with Crippen molar-refractivity contribution in [3.05, 3.63) is 23.3 Å². The molecule has 0 saturated carbocycles. The molecular weight excluding hydrogens is 258 g/mol. The van der Waals surface area contributed by atoms with Crippen LogP contribution in [0.3, 0.4) is 0 Å². The van der Waals surface area contributed by atoms with Crippen molar-refractivity contribution in [2.45, 2.75) is 17.7 Å². The third-order valence-corrected chi connectivity index (χ3v) is 4.18. The molecule has 0 radical (unpaired) electrons. The zero-order valence-electron chi connectivity index (χ0n) is 9.76. The van der Waals surface area contributed by atoms with Gasteiger partial charge >= 0.3 is 5.97 Å². The van der Waals surface area contributed by atoms with Crippen molar-refractivity contribution in [1.82, 2.24) is 4.72 Å². The van der Waals surface area contributed by atoms with Crippen molar-refractivity contribution in [3.63, 3.8) is 0 Å². The van der Waals surface area contributed by atoms with E-state index >= 15 is 0 Å². The van der Waals surface area contributed by atoms with Crippen LogP contribution < -0.4 is 9.46 Å². The molecule has 0 spiro atoms. The molecule has 0 aliphatic carbocycles. The molecule has 0 bridgehead atoms. The average molecular weight is 271 g/mol. The molecule has 18 heavy (non-hydrogen) atoms. The van der Waals surface area contributed by atoms with Gasteiger partial charge in [-0.25, -0.2) is 17.9 Å². The van der Waals surface area contributed by atoms with Crippen LogP contribution in [0.2, 0.25) is 0 Å². The Morgan fingerprint density at radius 1 is 1.44 bits per heavy atom. The Labute approximate surface area is 105 Å². The van der Waals surface area contributed by atoms with Gasteiger partial charge in [-0.05, 0) is 37.6 Å². The second-order valence-electron chi connectivity index (χ2n) is 3.92. The van der Waals surface area contributed by atoms with Crippen LogP contribution in [0, 0.1) is 0 Å². The first kappa shape index (κ1) is 12.8. The Hall–Kier alpha value is -1.60. The van der Waals surface area contributed by atoms with Crippen LogP contribution in [0.25, 0.3) is 0 Å². The lowest BCUT2D eigenvalue weighted by Gasteiger charge is -2.20. The minimum Gasteiger partial charge on any atom is -0.492 e. The van der Waals surface area contributed by atoms with E-state index in [-0.39, 0.29) is 16.2 Å². The molecule has 2 N–H and O–H groups in total. The molecule has 6 nitrogen and oxygen atoms in total. The van der Waals surface area contributed by atoms with Crippen molar-refractivity contribution in [2.24, 2.45) is 0 Å². The zero-order valence-corrected chi connectivity index (χ0v) is 10.6. The summed E-state index contributed by atoms with van der Waals surface area (Å²) < 4.78 is 30.9. The van der Waals surface area contributed by atoms with Crippen LogP contribution in [0.5, 0.6) is 5.75 Å². The third-order valence-electron chi connectivity index (χ3n) is 2.79. The second-order valence-corrected chi connectivity index (χ2v) is 5.81. The number of sulfonamides is 1. The lowest BCUT2D eigenvalue weighted by Crippen LogP contribution is -2.21. The van der Waals surface area contributed by atoms with Gasteiger partial charge in [0.1, 0.15) is 11.3 Å². The molecule has 1 aromatic rings. The van der Waals surface area contributed by atoms with Crippen LogP contribution in [0.4, 0.5) is 0 Å². The van der Waals surface area contributed by atoms with E-state index < -0.39 is 16.0 Å². The minimum absolute atomic E-state index is 0.0494. The number of rotatable bonds is 3. The molecule has 0 aromatic heterocycles. The number of carboxylic acids is 1. The molecule has 0 unspecified atom stereocenters. The monoisotopic (exact) mass is 271 g/mol. The van der Waals surface area contributed by atoms with Crippen molar-refractivity contribution >= 4 is 16.0 Å². The number of aryl methyl sites for hydroxylation is 1. The average Bonchev–Trinajstić information content (AvgIpc) is 2.37. The minimum atomic E-state index is -3.66. The molecule has 2 rings (SSSR count). The van der Waals surface area contributed by atoms with Crippen molar-refractivity contribution < 1.29 is 23.1 Å². The standard InChI is InChI=1S/C11H13NO5S/c1-12-18(15,16)8-5-7-3-2-4-17-10(7)9(6-8)11(13)14/h5-6,12H,2-4H2,1H3,(H,13,14). The molecule has 1 aliphatic heterocycles. The highest BCUT2D eigenvalue weighted by molar-refractivity contribution is 7.89. The molecule has 1 aliphatic rings. The SMILES string of the molecule is CNS(=O)(=O)c1cc2c(c(C(=O)O)c1)OCCC2. The third kappa shape index (κ3) is 2.19. The summed E-state index contributed by atoms with van der Waals surface area (Å²) in [6, 6.07) is 2.59. The van der Waals surface area contributed by atoms with E-state index in [1.54, 1.807) is 0 Å². The van der Waals surface area contributed by atoms with Gasteiger partial charge in [0.05, 0.1) is 11.5 Å². The number of fused-ring (bicyclic) bond motifs is 1. The first-order valence-corrected chi connectivity index (χ1v) is 6.90. The highest BCUT2D eigenvalue weighted by Gasteiger charge is 2.24. The normalized spacial score (nSPS) is 14.7. The number of hydrogen-bond acceptors (Lipinski definition) is 4. The van der Waals surface area contributed by atoms with E-state index in [1.165, 1.54) is 13.1 Å². The molecule has 0 saturated heterocycles. The number of carbonyl (C=O) groups is 1. The Morgan fingerprint density at radius 2 is 2.17 bits per heavy atom. The van der Waals surface area contributed by atoms with E-state index in [0.29, 0.717) is 18.6 Å². The van der Waals surface area contributed by atoms with E-state index in [4.69, 9.17) is 9.84 Å². The topological polar surface area (TPSA) is 92.7 Å². The van der Waals surface area contributed by atoms with Crippen molar-refractivity contribution in [2.75, 3.05) is 13.7 Å². The maximum Gasteiger partial charge on any atom is 0.339 e. The molecule has 0 atom stereocenters. The van der Waals surface area contributed by atoms with Crippen molar-refractivity contribution in [1.29, 1.82) is 0 Å². The maximum absolute atomic E-state index is 11.7. The lowest BCUT2D eigenvalue weighted by molar-refractivity contribution is 0.0691. The van der Waals surface area contributed by atoms with Gasteiger partial charge in [-0.2, -0.15) is 0 Å². The van der Waals surface area contributed by atoms with E-state index in [9.17, 15) is 13.2 Å². The second kappa shape index (κ2) is 4.58. The predicted molar refractivity (Wildman–Crippen MR) is 63.5 cm³/mol. The molecule has 0 fully saturated rings. The Morgan fingerprint density at radius 3 is 2.78 bits per heavy atom. The highest BCUT2D eigenvalue weighted by Crippen LogP contribution is 2.31. The number of aromatic carboxylic acids is 1. The number of nitrogens with one attached hydrogen (secondary N) is 1. The van der Waals surface area contributed by atoms with Crippen LogP contribution in [-0.2, 0) is 16.4 Å². The Bertz CT molecular complexity index is 594. The van der Waals surface area contributed by atoms with Crippen LogP contribution >= 0.6 is 0 Å². The maximum atomic E-state index is 11.7. The number of carboxylic acid groups (broad SMARTS) is 1. The molecular formula is C11H13NO5S. The summed E-state index contributed by atoms with van der Waals surface area (Å²) in [7, 11) is -2.37. The molecule has 98 valence electrons. The fourth-order valence-electron chi connectivity index (χ4n) is 1.88. The first-order valence-electron chi connectivity index (χ1n) is 5.42. The summed E-state index contributed by atoms with van der Waals surface area (Å²) in [5, 5.41) is 9.11. The summed E-state index contributed by atoms with van der Waals surface area (Å²) in [6.45, 7) is 0.450. The van der Waals surface area contributed by atoms with Crippen molar-refractivity contribution in [3.8, 4) is 5.75 Å². The largest absolute Gasteiger partial charge is 0.492 e. The van der Waals surface area contributed by atoms with E-state index in [0.717, 1.165) is 12.5 Å². The summed E-state index contributed by atoms with van der Waals surface area (Å²) in [6.07, 6.45) is 1.36. The van der Waals surface area contributed by atoms with Gasteiger partial charge in [0.15, 0.2) is 0 Å². The zero-order chi connectivity index (χ0) is 13.3.